The number of benzene rings is 8. The van der Waals surface area contributed by atoms with Gasteiger partial charge in [-0.15, -0.1) is 11.3 Å². The third-order valence-corrected chi connectivity index (χ3v) is 12.3. The number of aliphatic imine (C=N–C) groups is 1. The van der Waals surface area contributed by atoms with Crippen LogP contribution >= 0.6 is 11.3 Å². The van der Waals surface area contributed by atoms with Gasteiger partial charge in [-0.05, 0) is 93.7 Å². The summed E-state index contributed by atoms with van der Waals surface area (Å²) in [5.74, 6) is 1.76. The minimum absolute atomic E-state index is 0.559. The van der Waals surface area contributed by atoms with Gasteiger partial charge in [-0.25, -0.2) is 19.9 Å². The fraction of sp³-hybridized carbons (Fsp3) is 0.0175. The van der Waals surface area contributed by atoms with Crippen LogP contribution < -0.4 is 0 Å². The van der Waals surface area contributed by atoms with E-state index >= 15 is 0 Å². The summed E-state index contributed by atoms with van der Waals surface area (Å²) in [5.41, 5.74) is 13.8. The van der Waals surface area contributed by atoms with Crippen LogP contribution in [0, 0.1) is 6.92 Å². The molecule has 0 atom stereocenters. The second-order valence-corrected chi connectivity index (χ2v) is 16.2. The summed E-state index contributed by atoms with van der Waals surface area (Å²) in [4.78, 5) is 21.9. The van der Waals surface area contributed by atoms with E-state index in [2.05, 4.69) is 153 Å². The Balaban J connectivity index is 1.21. The van der Waals surface area contributed by atoms with Crippen LogP contribution in [0.25, 0.3) is 83.3 Å². The van der Waals surface area contributed by atoms with E-state index in [1.807, 2.05) is 66.7 Å². The van der Waals surface area contributed by atoms with Crippen LogP contribution in [0.3, 0.4) is 0 Å². The molecule has 10 aromatic rings. The molecule has 8 aromatic carbocycles. The summed E-state index contributed by atoms with van der Waals surface area (Å²) in [6.45, 7) is 6.88. The van der Waals surface area contributed by atoms with Gasteiger partial charge in [-0.1, -0.05) is 176 Å². The Hall–Kier alpha value is -7.86. The maximum Gasteiger partial charge on any atom is 0.164 e. The molecule has 10 rings (SSSR count). The van der Waals surface area contributed by atoms with Crippen LogP contribution in [-0.4, -0.2) is 20.7 Å². The molecule has 0 aliphatic carbocycles. The lowest BCUT2D eigenvalue weighted by Gasteiger charge is -2.15. The highest BCUT2D eigenvalue weighted by Crippen LogP contribution is 2.38. The first-order valence-corrected chi connectivity index (χ1v) is 21.5. The summed E-state index contributed by atoms with van der Waals surface area (Å²) in [7, 11) is 0. The predicted octanol–water partition coefficient (Wildman–Crippen LogP) is 14.9. The summed E-state index contributed by atoms with van der Waals surface area (Å²) in [5, 5.41) is 1.23. The number of thiophene rings is 1. The first-order chi connectivity index (χ1) is 30.5. The molecule has 0 N–H and O–H groups in total. The zero-order valence-corrected chi connectivity index (χ0v) is 34.9. The van der Waals surface area contributed by atoms with Gasteiger partial charge in [0.15, 0.2) is 17.5 Å². The number of aryl methyl sites for hydroxylation is 1. The molecule has 0 amide bonds. The van der Waals surface area contributed by atoms with Gasteiger partial charge in [-0.2, -0.15) is 0 Å². The van der Waals surface area contributed by atoms with Crippen molar-refractivity contribution in [1.29, 1.82) is 0 Å². The Labute approximate surface area is 366 Å². The van der Waals surface area contributed by atoms with Gasteiger partial charge in [0.05, 0.1) is 16.3 Å². The molecule has 2 aromatic heterocycles. The van der Waals surface area contributed by atoms with Crippen molar-refractivity contribution in [2.45, 2.75) is 6.92 Å². The molecule has 0 saturated heterocycles. The van der Waals surface area contributed by atoms with Crippen molar-refractivity contribution in [3.63, 3.8) is 0 Å². The van der Waals surface area contributed by atoms with E-state index < -0.39 is 0 Å². The second-order valence-electron chi connectivity index (χ2n) is 15.2. The topological polar surface area (TPSA) is 51.0 Å². The lowest BCUT2D eigenvalue weighted by Crippen LogP contribution is -2.04. The summed E-state index contributed by atoms with van der Waals surface area (Å²) < 4.78 is 1.23. The number of nitrogens with zero attached hydrogens (tertiary/aromatic N) is 4. The zero-order chi connectivity index (χ0) is 41.8. The molecule has 0 fully saturated rings. The number of hydrogen-bond donors (Lipinski definition) is 0. The highest BCUT2D eigenvalue weighted by molar-refractivity contribution is 7.21. The average Bonchev–Trinajstić information content (AvgIpc) is 3.69. The van der Waals surface area contributed by atoms with Crippen LogP contribution in [0.5, 0.6) is 0 Å². The summed E-state index contributed by atoms with van der Waals surface area (Å²) in [6.07, 6.45) is 0. The van der Waals surface area contributed by atoms with Gasteiger partial charge in [0, 0.05) is 32.5 Å². The molecule has 294 valence electrons. The normalized spacial score (nSPS) is 11.5. The first-order valence-electron chi connectivity index (χ1n) is 20.6. The Morgan fingerprint density at radius 2 is 0.790 bits per heavy atom. The van der Waals surface area contributed by atoms with E-state index in [4.69, 9.17) is 26.5 Å². The minimum Gasteiger partial charge on any atom is -0.247 e. The van der Waals surface area contributed by atoms with E-state index in [9.17, 15) is 0 Å². The fourth-order valence-corrected chi connectivity index (χ4v) is 9.08. The van der Waals surface area contributed by atoms with Crippen LogP contribution in [0.2, 0.25) is 0 Å². The average molecular weight is 813 g/mol. The molecule has 0 aliphatic heterocycles. The third kappa shape index (κ3) is 7.93. The van der Waals surface area contributed by atoms with E-state index in [0.29, 0.717) is 23.2 Å². The van der Waals surface area contributed by atoms with Gasteiger partial charge in [-0.3, -0.25) is 0 Å². The smallest absolute Gasteiger partial charge is 0.164 e. The fourth-order valence-electron chi connectivity index (χ4n) is 7.86. The first kappa shape index (κ1) is 38.3. The number of fused-ring (bicyclic) bond motifs is 1. The third-order valence-electron chi connectivity index (χ3n) is 11.1. The van der Waals surface area contributed by atoms with Gasteiger partial charge >= 0.3 is 0 Å². The van der Waals surface area contributed by atoms with Crippen molar-refractivity contribution < 1.29 is 0 Å². The SMILES string of the molecule is C=C(N=C(c1ccccc1)c1sc2ccccc2c1C)c1cc(-c2cc(-c3ccccc3)cc(-c3ccccc3)c2)cc(-c2nc(-c3ccccc3)nc(-c3ccccc3)n2)c1. The maximum absolute atomic E-state index is 5.45. The Bertz CT molecular complexity index is 2970. The Morgan fingerprint density at radius 3 is 1.31 bits per heavy atom. The largest absolute Gasteiger partial charge is 0.247 e. The van der Waals surface area contributed by atoms with E-state index in [1.54, 1.807) is 11.3 Å². The van der Waals surface area contributed by atoms with Gasteiger partial charge in [0.2, 0.25) is 0 Å². The van der Waals surface area contributed by atoms with Crippen LogP contribution in [0.15, 0.2) is 224 Å². The highest BCUT2D eigenvalue weighted by atomic mass is 32.1. The monoisotopic (exact) mass is 812 g/mol. The van der Waals surface area contributed by atoms with Crippen molar-refractivity contribution in [2.75, 3.05) is 0 Å². The quantitative estimate of drug-likeness (QED) is 0.129. The molecule has 2 heterocycles. The van der Waals surface area contributed by atoms with Gasteiger partial charge in [0.25, 0.3) is 0 Å². The van der Waals surface area contributed by atoms with Crippen LogP contribution in [0.1, 0.15) is 21.6 Å². The van der Waals surface area contributed by atoms with Crippen molar-refractivity contribution in [1.82, 2.24) is 15.0 Å². The van der Waals surface area contributed by atoms with Crippen LogP contribution in [-0.2, 0) is 0 Å². The molecule has 0 spiro atoms. The van der Waals surface area contributed by atoms with E-state index in [-0.39, 0.29) is 0 Å². The minimum atomic E-state index is 0.559. The zero-order valence-electron chi connectivity index (χ0n) is 34.1. The van der Waals surface area contributed by atoms with Gasteiger partial charge < -0.3 is 0 Å². The molecule has 0 saturated carbocycles. The molecule has 0 unspecified atom stereocenters. The maximum atomic E-state index is 5.45. The second kappa shape index (κ2) is 17.0. The lowest BCUT2D eigenvalue weighted by molar-refractivity contribution is 1.07. The number of rotatable bonds is 10. The number of hydrogen-bond acceptors (Lipinski definition) is 5. The molecular formula is C57H40N4S. The molecule has 0 radical (unpaired) electrons. The molecule has 62 heavy (non-hydrogen) atoms. The molecule has 5 heteroatoms. The van der Waals surface area contributed by atoms with Gasteiger partial charge in [0.1, 0.15) is 0 Å². The Morgan fingerprint density at radius 1 is 0.403 bits per heavy atom. The molecule has 0 bridgehead atoms. The van der Waals surface area contributed by atoms with Crippen molar-refractivity contribution in [3.8, 4) is 67.5 Å². The number of aromatic nitrogens is 3. The van der Waals surface area contributed by atoms with Crippen molar-refractivity contribution >= 4 is 32.8 Å². The lowest BCUT2D eigenvalue weighted by atomic mass is 9.91. The predicted molar refractivity (Wildman–Crippen MR) is 260 cm³/mol. The Kier molecular flexibility index (Phi) is 10.5. The van der Waals surface area contributed by atoms with E-state index in [0.717, 1.165) is 71.8 Å². The van der Waals surface area contributed by atoms with Crippen molar-refractivity contribution in [2.24, 2.45) is 4.99 Å². The molecule has 4 nitrogen and oxygen atoms in total. The standard InChI is InChI=1S/C57H40N4S/c1-38-51-30-18-19-31-52(51)62-54(38)53(42-24-12-5-13-25-42)58-39(2)45-32-48(49-35-46(40-20-8-3-9-21-40)34-47(36-49)41-22-10-4-11-23-41)37-50(33-45)57-60-55(43-26-14-6-15-27-43)59-56(61-57)44-28-16-7-17-29-44/h3-37H,2H2,1H3. The van der Waals surface area contributed by atoms with Crippen molar-refractivity contribution in [3.05, 3.63) is 240 Å². The highest BCUT2D eigenvalue weighted by Gasteiger charge is 2.19. The molecular weight excluding hydrogens is 773 g/mol. The summed E-state index contributed by atoms with van der Waals surface area (Å²) >= 11 is 1.76. The van der Waals surface area contributed by atoms with Crippen LogP contribution in [0.4, 0.5) is 0 Å². The van der Waals surface area contributed by atoms with E-state index in [1.165, 1.54) is 15.6 Å². The molecule has 0 aliphatic rings. The summed E-state index contributed by atoms with van der Waals surface area (Å²) in [6, 6.07) is 73.6.